The second kappa shape index (κ2) is 6.77. The number of rotatable bonds is 4. The fourth-order valence-electron chi connectivity index (χ4n) is 5.25. The van der Waals surface area contributed by atoms with Crippen molar-refractivity contribution in [2.45, 2.75) is 45.4 Å². The van der Waals surface area contributed by atoms with Crippen LogP contribution in [0.3, 0.4) is 0 Å². The highest BCUT2D eigenvalue weighted by Crippen LogP contribution is 2.55. The first-order valence-corrected chi connectivity index (χ1v) is 10.0. The maximum Gasteiger partial charge on any atom is 0.323 e. The van der Waals surface area contributed by atoms with Crippen LogP contribution in [0.15, 0.2) is 42.5 Å². The van der Waals surface area contributed by atoms with Crippen LogP contribution in [0.25, 0.3) is 11.1 Å². The molecule has 1 atom stereocenters. The van der Waals surface area contributed by atoms with Crippen molar-refractivity contribution in [1.82, 2.24) is 0 Å². The molecule has 2 aromatic rings. The topological polar surface area (TPSA) is 52.6 Å². The van der Waals surface area contributed by atoms with Crippen LogP contribution < -0.4 is 0 Å². The monoisotopic (exact) mass is 378 g/mol. The first-order chi connectivity index (χ1) is 13.4. The summed E-state index contributed by atoms with van der Waals surface area (Å²) in [5, 5.41) is 0. The molecule has 146 valence electrons. The van der Waals surface area contributed by atoms with E-state index >= 15 is 0 Å². The summed E-state index contributed by atoms with van der Waals surface area (Å²) in [6.45, 7) is 6.19. The zero-order chi connectivity index (χ0) is 19.9. The Labute approximate surface area is 165 Å². The summed E-state index contributed by atoms with van der Waals surface area (Å²) in [5.74, 6) is -0.936. The first-order valence-electron chi connectivity index (χ1n) is 10.0. The number of hydrogen-bond acceptors (Lipinski definition) is 4. The Balaban J connectivity index is 1.91. The van der Waals surface area contributed by atoms with Crippen LogP contribution in [0, 0.1) is 5.41 Å². The van der Waals surface area contributed by atoms with Gasteiger partial charge >= 0.3 is 11.9 Å². The van der Waals surface area contributed by atoms with E-state index in [2.05, 4.69) is 31.2 Å². The second-order valence-electron chi connectivity index (χ2n) is 8.11. The Kier molecular flexibility index (Phi) is 4.53. The number of benzene rings is 2. The van der Waals surface area contributed by atoms with Gasteiger partial charge in [-0.2, -0.15) is 0 Å². The van der Waals surface area contributed by atoms with Gasteiger partial charge in [0.05, 0.1) is 13.2 Å². The average Bonchev–Trinajstić information content (AvgIpc) is 2.67. The largest absolute Gasteiger partial charge is 0.465 e. The third-order valence-electron chi connectivity index (χ3n) is 6.16. The molecule has 0 fully saturated rings. The molecule has 4 heteroatoms. The maximum absolute atomic E-state index is 13.1. The molecule has 0 heterocycles. The number of carbonyl (C=O) groups excluding carboxylic acids is 2. The molecule has 0 radical (unpaired) electrons. The van der Waals surface area contributed by atoms with Gasteiger partial charge in [0.15, 0.2) is 5.41 Å². The van der Waals surface area contributed by atoms with Crippen molar-refractivity contribution in [2.24, 2.45) is 5.41 Å². The Morgan fingerprint density at radius 1 is 0.857 bits per heavy atom. The summed E-state index contributed by atoms with van der Waals surface area (Å²) < 4.78 is 10.8. The highest BCUT2D eigenvalue weighted by atomic mass is 16.6. The van der Waals surface area contributed by atoms with E-state index in [0.29, 0.717) is 12.8 Å². The van der Waals surface area contributed by atoms with Crippen molar-refractivity contribution in [3.8, 4) is 11.1 Å². The smallest absolute Gasteiger partial charge is 0.323 e. The molecule has 0 N–H and O–H groups in total. The lowest BCUT2D eigenvalue weighted by Crippen LogP contribution is -2.52. The summed E-state index contributed by atoms with van der Waals surface area (Å²) >= 11 is 0. The number of esters is 2. The predicted octanol–water partition coefficient (Wildman–Crippen LogP) is 4.23. The number of ether oxygens (including phenoxy) is 2. The van der Waals surface area contributed by atoms with Gasteiger partial charge in [0, 0.05) is 0 Å². The summed E-state index contributed by atoms with van der Waals surface area (Å²) in [4.78, 5) is 26.2. The molecule has 0 aliphatic heterocycles. The van der Waals surface area contributed by atoms with Gasteiger partial charge in [0.1, 0.15) is 0 Å². The molecule has 2 aromatic carbocycles. The van der Waals surface area contributed by atoms with Crippen LogP contribution in [0.2, 0.25) is 0 Å². The van der Waals surface area contributed by atoms with Crippen LogP contribution in [-0.4, -0.2) is 25.2 Å². The molecule has 2 aliphatic rings. The molecular weight excluding hydrogens is 352 g/mol. The molecule has 4 nitrogen and oxygen atoms in total. The van der Waals surface area contributed by atoms with E-state index in [1.165, 1.54) is 22.3 Å². The van der Waals surface area contributed by atoms with Gasteiger partial charge < -0.3 is 9.47 Å². The summed E-state index contributed by atoms with van der Waals surface area (Å²) in [6.07, 6.45) is 1.51. The first kappa shape index (κ1) is 18.7. The van der Waals surface area contributed by atoms with Gasteiger partial charge in [0.25, 0.3) is 0 Å². The minimum absolute atomic E-state index is 0.242. The second-order valence-corrected chi connectivity index (χ2v) is 8.11. The molecule has 0 bridgehead atoms. The Bertz CT molecular complexity index is 927. The zero-order valence-corrected chi connectivity index (χ0v) is 16.7. The van der Waals surface area contributed by atoms with E-state index in [9.17, 15) is 9.59 Å². The molecule has 0 saturated carbocycles. The zero-order valence-electron chi connectivity index (χ0n) is 16.7. The fraction of sp³-hybridized carbons (Fsp3) is 0.417. The molecule has 0 aromatic heterocycles. The normalized spacial score (nSPS) is 21.2. The standard InChI is InChI=1S/C24H26O4/c1-4-27-21(25)24(22(26)28-5-2)14-17-10-8-12-19-18-11-7-6-9-16(18)13-23(3,15-24)20(17)19/h6-12H,4-5,13-15H2,1-3H3. The SMILES string of the molecule is CCOC(=O)C1(C(=O)OCC)Cc2cccc3c2C(C)(Cc2ccccc2-3)C1. The van der Waals surface area contributed by atoms with Gasteiger partial charge in [0.2, 0.25) is 0 Å². The van der Waals surface area contributed by atoms with Crippen LogP contribution in [-0.2, 0) is 37.3 Å². The van der Waals surface area contributed by atoms with E-state index in [0.717, 1.165) is 12.0 Å². The summed E-state index contributed by atoms with van der Waals surface area (Å²) in [7, 11) is 0. The minimum Gasteiger partial charge on any atom is -0.465 e. The summed E-state index contributed by atoms with van der Waals surface area (Å²) in [5.41, 5.74) is 4.38. The van der Waals surface area contributed by atoms with E-state index in [4.69, 9.17) is 9.47 Å². The van der Waals surface area contributed by atoms with Crippen molar-refractivity contribution in [3.63, 3.8) is 0 Å². The molecule has 0 spiro atoms. The number of fused-ring (bicyclic) bond motifs is 2. The molecule has 28 heavy (non-hydrogen) atoms. The highest BCUT2D eigenvalue weighted by Gasteiger charge is 2.57. The average molecular weight is 378 g/mol. The maximum atomic E-state index is 13.1. The fourth-order valence-corrected chi connectivity index (χ4v) is 5.25. The molecule has 2 aliphatic carbocycles. The van der Waals surface area contributed by atoms with Crippen LogP contribution in [0.4, 0.5) is 0 Å². The third kappa shape index (κ3) is 2.66. The Morgan fingerprint density at radius 2 is 1.46 bits per heavy atom. The molecule has 4 rings (SSSR count). The summed E-state index contributed by atoms with van der Waals surface area (Å²) in [6, 6.07) is 14.6. The van der Waals surface area contributed by atoms with Gasteiger partial charge in [-0.05, 0) is 66.3 Å². The van der Waals surface area contributed by atoms with Crippen molar-refractivity contribution in [3.05, 3.63) is 59.2 Å². The van der Waals surface area contributed by atoms with Crippen LogP contribution >= 0.6 is 0 Å². The van der Waals surface area contributed by atoms with Crippen molar-refractivity contribution < 1.29 is 19.1 Å². The number of hydrogen-bond donors (Lipinski definition) is 0. The lowest BCUT2D eigenvalue weighted by Gasteiger charge is -2.47. The molecule has 0 amide bonds. The van der Waals surface area contributed by atoms with Crippen molar-refractivity contribution in [2.75, 3.05) is 13.2 Å². The van der Waals surface area contributed by atoms with Crippen molar-refractivity contribution in [1.29, 1.82) is 0 Å². The highest BCUT2D eigenvalue weighted by molar-refractivity contribution is 6.01. The van der Waals surface area contributed by atoms with Crippen molar-refractivity contribution >= 4 is 11.9 Å². The molecule has 0 saturated heterocycles. The minimum atomic E-state index is -1.29. The quantitative estimate of drug-likeness (QED) is 0.590. The third-order valence-corrected chi connectivity index (χ3v) is 6.16. The Hall–Kier alpha value is -2.62. The van der Waals surface area contributed by atoms with E-state index < -0.39 is 17.4 Å². The lowest BCUT2D eigenvalue weighted by atomic mass is 9.55. The van der Waals surface area contributed by atoms with Gasteiger partial charge in [-0.25, -0.2) is 0 Å². The van der Waals surface area contributed by atoms with Crippen LogP contribution in [0.1, 0.15) is 43.9 Å². The van der Waals surface area contributed by atoms with Gasteiger partial charge in [-0.3, -0.25) is 9.59 Å². The molecular formula is C24H26O4. The van der Waals surface area contributed by atoms with E-state index in [-0.39, 0.29) is 18.6 Å². The number of carbonyl (C=O) groups is 2. The van der Waals surface area contributed by atoms with E-state index in [1.54, 1.807) is 13.8 Å². The predicted molar refractivity (Wildman–Crippen MR) is 107 cm³/mol. The lowest BCUT2D eigenvalue weighted by molar-refractivity contribution is -0.174. The molecule has 1 unspecified atom stereocenters. The van der Waals surface area contributed by atoms with Gasteiger partial charge in [-0.15, -0.1) is 0 Å². The van der Waals surface area contributed by atoms with Crippen LogP contribution in [0.5, 0.6) is 0 Å². The Morgan fingerprint density at radius 3 is 2.14 bits per heavy atom. The van der Waals surface area contributed by atoms with E-state index in [1.807, 2.05) is 18.2 Å². The van der Waals surface area contributed by atoms with Gasteiger partial charge in [-0.1, -0.05) is 49.4 Å².